The lowest BCUT2D eigenvalue weighted by atomic mass is 9.87. The third-order valence-electron chi connectivity index (χ3n) is 5.65. The number of hydrogen-bond donors (Lipinski definition) is 1. The van der Waals surface area contributed by atoms with Gasteiger partial charge < -0.3 is 33.5 Å². The largest absolute Gasteiger partial charge is 0.489 e. The van der Waals surface area contributed by atoms with Gasteiger partial charge in [-0.05, 0) is 24.3 Å². The van der Waals surface area contributed by atoms with Gasteiger partial charge in [-0.25, -0.2) is 0 Å². The Bertz CT molecular complexity index is 1200. The van der Waals surface area contributed by atoms with Crippen LogP contribution in [0.3, 0.4) is 0 Å². The summed E-state index contributed by atoms with van der Waals surface area (Å²) in [6.45, 7) is 3.94. The van der Waals surface area contributed by atoms with Crippen molar-refractivity contribution >= 4 is 35.5 Å². The summed E-state index contributed by atoms with van der Waals surface area (Å²) in [5.41, 5.74) is 0.496. The molecule has 1 N–H and O–H groups in total. The summed E-state index contributed by atoms with van der Waals surface area (Å²) in [7, 11) is 0. The smallest absolute Gasteiger partial charge is 0.303 e. The maximum Gasteiger partial charge on any atom is 0.303 e. The number of halogens is 1. The van der Waals surface area contributed by atoms with E-state index in [4.69, 9.17) is 40.0 Å². The molecule has 11 nitrogen and oxygen atoms in total. The first kappa shape index (κ1) is 29.9. The average Bonchev–Trinajstić information content (AvgIpc) is 2.86. The Kier molecular flexibility index (Phi) is 9.90. The molecule has 12 heteroatoms. The number of esters is 4. The highest BCUT2D eigenvalue weighted by Crippen LogP contribution is 2.41. The second kappa shape index (κ2) is 12.9. The average molecular weight is 565 g/mol. The Labute approximate surface area is 229 Å². The van der Waals surface area contributed by atoms with Crippen LogP contribution in [0.5, 0.6) is 5.75 Å². The lowest BCUT2D eigenvalue weighted by molar-refractivity contribution is -0.360. The van der Waals surface area contributed by atoms with E-state index in [9.17, 15) is 24.3 Å². The molecule has 0 spiro atoms. The molecule has 0 amide bonds. The fraction of sp³-hybridized carbons (Fsp3) is 0.407. The van der Waals surface area contributed by atoms with Crippen LogP contribution in [0.15, 0.2) is 48.5 Å². The van der Waals surface area contributed by atoms with Crippen molar-refractivity contribution in [2.24, 2.45) is 0 Å². The molecule has 0 radical (unpaired) electrons. The number of carbonyl (C=O) groups is 4. The molecule has 2 aromatic carbocycles. The van der Waals surface area contributed by atoms with Crippen LogP contribution < -0.4 is 4.74 Å². The molecular weight excluding hydrogens is 536 g/mol. The summed E-state index contributed by atoms with van der Waals surface area (Å²) in [5.74, 6) is -5.03. The van der Waals surface area contributed by atoms with E-state index in [-0.39, 0.29) is 12.2 Å². The van der Waals surface area contributed by atoms with Gasteiger partial charge in [0.1, 0.15) is 25.1 Å². The molecule has 210 valence electrons. The van der Waals surface area contributed by atoms with Gasteiger partial charge in [0, 0.05) is 43.8 Å². The molecule has 1 fully saturated rings. The Morgan fingerprint density at radius 1 is 0.872 bits per heavy atom. The van der Waals surface area contributed by atoms with Crippen molar-refractivity contribution in [2.45, 2.75) is 64.5 Å². The fourth-order valence-corrected chi connectivity index (χ4v) is 4.27. The van der Waals surface area contributed by atoms with Gasteiger partial charge in [-0.3, -0.25) is 19.2 Å². The van der Waals surface area contributed by atoms with E-state index < -0.39 is 60.7 Å². The van der Waals surface area contributed by atoms with Gasteiger partial charge in [0.15, 0.2) is 12.2 Å². The van der Waals surface area contributed by atoms with Crippen molar-refractivity contribution in [3.05, 3.63) is 64.7 Å². The van der Waals surface area contributed by atoms with Gasteiger partial charge >= 0.3 is 23.9 Å². The zero-order valence-corrected chi connectivity index (χ0v) is 22.5. The molecule has 5 atom stereocenters. The Balaban J connectivity index is 2.09. The van der Waals surface area contributed by atoms with Gasteiger partial charge in [0.2, 0.25) is 11.9 Å². The van der Waals surface area contributed by atoms with Crippen molar-refractivity contribution in [3.8, 4) is 5.75 Å². The van der Waals surface area contributed by atoms with Gasteiger partial charge in [0.05, 0.1) is 0 Å². The highest BCUT2D eigenvalue weighted by molar-refractivity contribution is 6.31. The first-order chi connectivity index (χ1) is 18.4. The van der Waals surface area contributed by atoms with Gasteiger partial charge in [-0.15, -0.1) is 0 Å². The zero-order chi connectivity index (χ0) is 28.7. The highest BCUT2D eigenvalue weighted by atomic mass is 35.5. The molecule has 0 aromatic heterocycles. The van der Waals surface area contributed by atoms with Crippen molar-refractivity contribution in [3.63, 3.8) is 0 Å². The zero-order valence-electron chi connectivity index (χ0n) is 21.8. The molecular formula is C27H29ClO11. The topological polar surface area (TPSA) is 144 Å². The Hall–Kier alpha value is -3.67. The van der Waals surface area contributed by atoms with Gasteiger partial charge in [-0.1, -0.05) is 35.9 Å². The van der Waals surface area contributed by atoms with Crippen LogP contribution in [0.2, 0.25) is 5.02 Å². The molecule has 0 bridgehead atoms. The van der Waals surface area contributed by atoms with E-state index >= 15 is 0 Å². The molecule has 0 aliphatic carbocycles. The van der Waals surface area contributed by atoms with E-state index in [0.29, 0.717) is 16.3 Å². The van der Waals surface area contributed by atoms with Crippen molar-refractivity contribution < 1.29 is 52.7 Å². The molecule has 1 aliphatic rings. The van der Waals surface area contributed by atoms with Crippen LogP contribution >= 0.6 is 11.6 Å². The van der Waals surface area contributed by atoms with E-state index in [1.165, 1.54) is 18.2 Å². The molecule has 1 unspecified atom stereocenters. The van der Waals surface area contributed by atoms with Gasteiger partial charge in [0.25, 0.3) is 0 Å². The van der Waals surface area contributed by atoms with E-state index in [1.807, 2.05) is 6.07 Å². The second-order valence-corrected chi connectivity index (χ2v) is 9.15. The summed E-state index contributed by atoms with van der Waals surface area (Å²) in [6.07, 6.45) is -6.00. The molecule has 0 saturated carbocycles. The SMILES string of the molecule is CC(=O)OC[C@H]1OC(O)(c2ccc(Cl)c(COc3ccccc3)c2)[C@H](OC(C)=O)[C@@H](OC(C)=O)[C@@H]1OC(C)=O. The summed E-state index contributed by atoms with van der Waals surface area (Å²) in [5, 5.41) is 12.3. The van der Waals surface area contributed by atoms with Crippen molar-refractivity contribution in [1.29, 1.82) is 0 Å². The van der Waals surface area contributed by atoms with Crippen LogP contribution in [0.1, 0.15) is 38.8 Å². The number of benzene rings is 2. The molecule has 3 rings (SSSR count). The third-order valence-corrected chi connectivity index (χ3v) is 6.02. The predicted octanol–water partition coefficient (Wildman–Crippen LogP) is 2.82. The summed E-state index contributed by atoms with van der Waals surface area (Å²) in [6, 6.07) is 13.3. The lowest BCUT2D eigenvalue weighted by Crippen LogP contribution is -2.66. The first-order valence-electron chi connectivity index (χ1n) is 11.9. The normalized spacial score (nSPS) is 24.3. The summed E-state index contributed by atoms with van der Waals surface area (Å²) < 4.78 is 33.0. The van der Waals surface area contributed by atoms with E-state index in [1.54, 1.807) is 24.3 Å². The predicted molar refractivity (Wildman–Crippen MR) is 134 cm³/mol. The van der Waals surface area contributed by atoms with Crippen LogP contribution in [0, 0.1) is 0 Å². The number of para-hydroxylation sites is 1. The van der Waals surface area contributed by atoms with E-state index in [0.717, 1.165) is 27.7 Å². The van der Waals surface area contributed by atoms with Gasteiger partial charge in [-0.2, -0.15) is 0 Å². The lowest BCUT2D eigenvalue weighted by Gasteiger charge is -2.48. The number of rotatable bonds is 9. The summed E-state index contributed by atoms with van der Waals surface area (Å²) in [4.78, 5) is 47.7. The monoisotopic (exact) mass is 564 g/mol. The third kappa shape index (κ3) is 7.69. The maximum absolute atomic E-state index is 12.1. The fourth-order valence-electron chi connectivity index (χ4n) is 4.10. The number of hydrogen-bond acceptors (Lipinski definition) is 11. The molecule has 2 aromatic rings. The maximum atomic E-state index is 12.1. The van der Waals surface area contributed by atoms with Crippen LogP contribution in [-0.4, -0.2) is 60.0 Å². The Morgan fingerprint density at radius 2 is 1.49 bits per heavy atom. The minimum atomic E-state index is -2.47. The summed E-state index contributed by atoms with van der Waals surface area (Å²) >= 11 is 6.39. The molecule has 1 heterocycles. The number of aliphatic hydroxyl groups is 1. The standard InChI is InChI=1S/C27H29ClO11/c1-15(29)34-14-23-24(36-16(2)30)25(37-17(3)31)26(38-18(4)32)27(33,39-23)20-10-11-22(28)19(12-20)13-35-21-8-6-5-7-9-21/h5-12,23-26,33H,13-14H2,1-4H3/t23-,24-,25+,26-,27?/m1/s1. The van der Waals surface area contributed by atoms with Crippen molar-refractivity contribution in [1.82, 2.24) is 0 Å². The quantitative estimate of drug-likeness (QED) is 0.354. The first-order valence-corrected chi connectivity index (χ1v) is 12.3. The van der Waals surface area contributed by atoms with Crippen LogP contribution in [-0.2, 0) is 55.3 Å². The van der Waals surface area contributed by atoms with E-state index in [2.05, 4.69) is 0 Å². The number of carbonyl (C=O) groups excluding carboxylic acids is 4. The minimum absolute atomic E-state index is 0.00528. The molecule has 1 aliphatic heterocycles. The molecule has 39 heavy (non-hydrogen) atoms. The second-order valence-electron chi connectivity index (χ2n) is 8.74. The van der Waals surface area contributed by atoms with Crippen LogP contribution in [0.25, 0.3) is 0 Å². The Morgan fingerprint density at radius 3 is 2.08 bits per heavy atom. The number of ether oxygens (including phenoxy) is 6. The minimum Gasteiger partial charge on any atom is -0.489 e. The highest BCUT2D eigenvalue weighted by Gasteiger charge is 2.60. The van der Waals surface area contributed by atoms with Crippen molar-refractivity contribution in [2.75, 3.05) is 6.61 Å². The molecule has 1 saturated heterocycles. The van der Waals surface area contributed by atoms with Crippen LogP contribution in [0.4, 0.5) is 0 Å².